The molecule has 1 N–H and O–H groups in total. The molecule has 0 aromatic heterocycles. The van der Waals surface area contributed by atoms with Gasteiger partial charge in [-0.25, -0.2) is 4.79 Å². The first kappa shape index (κ1) is 25.7. The van der Waals surface area contributed by atoms with Crippen LogP contribution in [0.25, 0.3) is 6.08 Å². The molecular weight excluding hydrogens is 456 g/mol. The van der Waals surface area contributed by atoms with Crippen molar-refractivity contribution < 1.29 is 29.0 Å². The molecule has 0 amide bonds. The summed E-state index contributed by atoms with van der Waals surface area (Å²) in [5.74, 6) is -0.839. The summed E-state index contributed by atoms with van der Waals surface area (Å²) in [5.41, 5.74) is 2.98. The van der Waals surface area contributed by atoms with Gasteiger partial charge < -0.3 is 14.6 Å². The molecule has 0 radical (unpaired) electrons. The molecule has 0 saturated heterocycles. The van der Waals surface area contributed by atoms with Gasteiger partial charge in [-0.05, 0) is 61.3 Å². The van der Waals surface area contributed by atoms with E-state index in [0.29, 0.717) is 55.6 Å². The Kier molecular flexibility index (Phi) is 7.92. The molecule has 2 aromatic rings. The Morgan fingerprint density at radius 1 is 1.03 bits per heavy atom. The fourth-order valence-corrected chi connectivity index (χ4v) is 4.92. The highest BCUT2D eigenvalue weighted by Gasteiger charge is 2.35. The van der Waals surface area contributed by atoms with Crippen LogP contribution in [0.2, 0.25) is 0 Å². The molecule has 2 atom stereocenters. The Morgan fingerprint density at radius 3 is 2.47 bits per heavy atom. The molecule has 36 heavy (non-hydrogen) atoms. The molecule has 6 nitrogen and oxygen atoms in total. The second-order valence-corrected chi connectivity index (χ2v) is 10.1. The van der Waals surface area contributed by atoms with Crippen molar-refractivity contribution in [2.75, 3.05) is 0 Å². The Morgan fingerprint density at radius 2 is 1.75 bits per heavy atom. The number of ether oxygens (including phenoxy) is 2. The second-order valence-electron chi connectivity index (χ2n) is 10.1. The van der Waals surface area contributed by atoms with Gasteiger partial charge >= 0.3 is 11.9 Å². The number of hydrogen-bond acceptors (Lipinski definition) is 6. The number of hydrogen-bond donors (Lipinski definition) is 1. The zero-order valence-electron chi connectivity index (χ0n) is 21.2. The van der Waals surface area contributed by atoms with Crippen LogP contribution in [0.3, 0.4) is 0 Å². The Labute approximate surface area is 212 Å². The number of carbonyl (C=O) groups is 3. The molecule has 2 heterocycles. The van der Waals surface area contributed by atoms with Gasteiger partial charge in [-0.2, -0.15) is 0 Å². The van der Waals surface area contributed by atoms with Crippen molar-refractivity contribution in [1.82, 2.24) is 0 Å². The van der Waals surface area contributed by atoms with Crippen LogP contribution < -0.4 is 4.74 Å². The van der Waals surface area contributed by atoms with Crippen molar-refractivity contribution >= 4 is 23.8 Å². The summed E-state index contributed by atoms with van der Waals surface area (Å²) in [5, 5.41) is 11.5. The predicted molar refractivity (Wildman–Crippen MR) is 137 cm³/mol. The highest BCUT2D eigenvalue weighted by Crippen LogP contribution is 2.47. The highest BCUT2D eigenvalue weighted by molar-refractivity contribution is 5.98. The van der Waals surface area contributed by atoms with Crippen molar-refractivity contribution in [2.45, 2.75) is 83.7 Å². The van der Waals surface area contributed by atoms with E-state index in [4.69, 9.17) is 9.47 Å². The van der Waals surface area contributed by atoms with Crippen molar-refractivity contribution in [3.8, 4) is 11.5 Å². The van der Waals surface area contributed by atoms with E-state index in [2.05, 4.69) is 13.8 Å². The quantitative estimate of drug-likeness (QED) is 0.385. The molecule has 0 unspecified atom stereocenters. The third-order valence-corrected chi connectivity index (χ3v) is 6.98. The van der Waals surface area contributed by atoms with Gasteiger partial charge in [0.15, 0.2) is 0 Å². The summed E-state index contributed by atoms with van der Waals surface area (Å²) >= 11 is 0. The van der Waals surface area contributed by atoms with E-state index in [1.165, 1.54) is 5.56 Å². The van der Waals surface area contributed by atoms with Crippen LogP contribution in [0.5, 0.6) is 11.5 Å². The molecule has 6 heteroatoms. The van der Waals surface area contributed by atoms with Crippen LogP contribution in [-0.4, -0.2) is 28.9 Å². The summed E-state index contributed by atoms with van der Waals surface area (Å²) < 4.78 is 11.2. The van der Waals surface area contributed by atoms with E-state index < -0.39 is 18.0 Å². The summed E-state index contributed by atoms with van der Waals surface area (Å²) in [4.78, 5) is 37.9. The number of fused-ring (bicyclic) bond motifs is 2. The molecule has 2 aromatic carbocycles. The van der Waals surface area contributed by atoms with E-state index in [-0.39, 0.29) is 35.2 Å². The van der Waals surface area contributed by atoms with E-state index in [1.807, 2.05) is 30.3 Å². The number of phenolic OH excluding ortho intramolecular Hbond substituents is 1. The molecule has 2 aliphatic rings. The number of phenols is 1. The monoisotopic (exact) mass is 490 g/mol. The number of carbonyl (C=O) groups excluding carboxylic acids is 3. The van der Waals surface area contributed by atoms with Crippen molar-refractivity contribution in [1.29, 1.82) is 0 Å². The number of esters is 2. The molecule has 0 bridgehead atoms. The van der Waals surface area contributed by atoms with Gasteiger partial charge in [-0.3, -0.25) is 9.59 Å². The Hall–Kier alpha value is -3.41. The molecule has 190 valence electrons. The topological polar surface area (TPSA) is 89.9 Å². The molecule has 4 rings (SSSR count). The average Bonchev–Trinajstić information content (AvgIpc) is 2.82. The van der Waals surface area contributed by atoms with Crippen molar-refractivity contribution in [2.24, 2.45) is 0 Å². The Balaban J connectivity index is 1.79. The normalized spacial score (nSPS) is 21.3. The van der Waals surface area contributed by atoms with Crippen LogP contribution in [0.15, 0.2) is 36.4 Å². The van der Waals surface area contributed by atoms with Gasteiger partial charge in [0.05, 0.1) is 12.5 Å². The molecule has 2 aliphatic heterocycles. The number of cyclic esters (lactones) is 1. The number of benzene rings is 2. The smallest absolute Gasteiger partial charge is 0.342 e. The average molecular weight is 491 g/mol. The van der Waals surface area contributed by atoms with Gasteiger partial charge in [-0.15, -0.1) is 0 Å². The standard InChI is InChI=1S/C30H34O6/c1-18(2)20-12-14-21(15-13-20)24-17-26(32)36-25-16-22-9-5-4-6-10-23(31)11-7-8-19(3)35-30(34)27(22)29(33)28(24)25/h5,9,12-16,18-19,24,33H,4,6-8,10-11,17H2,1-3H3/t19-,24-/m1/s1. The summed E-state index contributed by atoms with van der Waals surface area (Å²) in [6.07, 6.45) is 6.82. The number of ketones is 1. The van der Waals surface area contributed by atoms with Crippen LogP contribution in [0.1, 0.15) is 110 Å². The molecule has 0 spiro atoms. The molecule has 0 aliphatic carbocycles. The molecule has 0 fully saturated rings. The van der Waals surface area contributed by atoms with Crippen LogP contribution in [0, 0.1) is 0 Å². The van der Waals surface area contributed by atoms with E-state index in [1.54, 1.807) is 19.1 Å². The number of rotatable bonds is 2. The van der Waals surface area contributed by atoms with Gasteiger partial charge in [-0.1, -0.05) is 50.3 Å². The molecule has 0 saturated carbocycles. The third kappa shape index (κ3) is 5.69. The van der Waals surface area contributed by atoms with Gasteiger partial charge in [0, 0.05) is 24.3 Å². The van der Waals surface area contributed by atoms with Crippen molar-refractivity contribution in [3.05, 3.63) is 64.2 Å². The number of aromatic hydroxyl groups is 1. The first-order chi connectivity index (χ1) is 17.2. The maximum Gasteiger partial charge on any atom is 0.342 e. The summed E-state index contributed by atoms with van der Waals surface area (Å²) in [7, 11) is 0. The minimum absolute atomic E-state index is 0.0652. The third-order valence-electron chi connectivity index (χ3n) is 6.98. The summed E-state index contributed by atoms with van der Waals surface area (Å²) in [6, 6.07) is 9.63. The lowest BCUT2D eigenvalue weighted by Crippen LogP contribution is -2.23. The van der Waals surface area contributed by atoms with Crippen LogP contribution in [0.4, 0.5) is 0 Å². The van der Waals surface area contributed by atoms with Crippen LogP contribution in [-0.2, 0) is 14.3 Å². The summed E-state index contributed by atoms with van der Waals surface area (Å²) in [6.45, 7) is 6.02. The SMILES string of the molecule is CC(C)c1ccc([C@H]2CC(=O)Oc3cc4c(c(O)c32)C(=O)O[C@H](C)CCCC(=O)CCCC=C4)cc1. The lowest BCUT2D eigenvalue weighted by molar-refractivity contribution is -0.135. The van der Waals surface area contributed by atoms with Gasteiger partial charge in [0.1, 0.15) is 22.8 Å². The fourth-order valence-electron chi connectivity index (χ4n) is 4.92. The van der Waals surface area contributed by atoms with E-state index in [0.717, 1.165) is 5.56 Å². The zero-order valence-corrected chi connectivity index (χ0v) is 21.2. The van der Waals surface area contributed by atoms with Gasteiger partial charge in [0.25, 0.3) is 0 Å². The number of Topliss-reactive ketones (excluding diaryl/α,β-unsaturated/α-hetero) is 1. The fraction of sp³-hybridized carbons (Fsp3) is 0.433. The van der Waals surface area contributed by atoms with Gasteiger partial charge in [0.2, 0.25) is 0 Å². The maximum absolute atomic E-state index is 13.3. The second kappa shape index (κ2) is 11.1. The van der Waals surface area contributed by atoms with E-state index >= 15 is 0 Å². The lowest BCUT2D eigenvalue weighted by atomic mass is 9.83. The first-order valence-corrected chi connectivity index (χ1v) is 12.8. The zero-order chi connectivity index (χ0) is 25.8. The van der Waals surface area contributed by atoms with Crippen LogP contribution >= 0.6 is 0 Å². The van der Waals surface area contributed by atoms with E-state index in [9.17, 15) is 19.5 Å². The minimum Gasteiger partial charge on any atom is -0.507 e. The Bertz CT molecular complexity index is 1170. The first-order valence-electron chi connectivity index (χ1n) is 12.8. The minimum atomic E-state index is -0.628. The maximum atomic E-state index is 13.3. The predicted octanol–water partition coefficient (Wildman–Crippen LogP) is 6.44. The highest BCUT2D eigenvalue weighted by atomic mass is 16.5. The number of allylic oxidation sites excluding steroid dienone is 1. The van der Waals surface area contributed by atoms with Crippen molar-refractivity contribution in [3.63, 3.8) is 0 Å². The molecular formula is C30H34O6. The largest absolute Gasteiger partial charge is 0.507 e. The lowest BCUT2D eigenvalue weighted by Gasteiger charge is -2.28.